The zero-order valence-electron chi connectivity index (χ0n) is 9.87. The van der Waals surface area contributed by atoms with Crippen LogP contribution in [0.25, 0.3) is 0 Å². The van der Waals surface area contributed by atoms with Crippen LogP contribution >= 0.6 is 0 Å². The maximum atomic E-state index is 13.7. The van der Waals surface area contributed by atoms with Crippen LogP contribution in [0.5, 0.6) is 5.75 Å². The monoisotopic (exact) mass is 235 g/mol. The van der Waals surface area contributed by atoms with Crippen molar-refractivity contribution in [3.63, 3.8) is 0 Å². The highest BCUT2D eigenvalue weighted by molar-refractivity contribution is 5.43. The van der Waals surface area contributed by atoms with Crippen molar-refractivity contribution in [3.8, 4) is 5.75 Å². The lowest BCUT2D eigenvalue weighted by Gasteiger charge is -2.13. The van der Waals surface area contributed by atoms with E-state index in [0.29, 0.717) is 0 Å². The molecular formula is C13H14FNO2. The highest BCUT2D eigenvalue weighted by Gasteiger charge is 2.45. The minimum Gasteiger partial charge on any atom is -0.488 e. The largest absolute Gasteiger partial charge is 0.488 e. The number of benzene rings is 1. The summed E-state index contributed by atoms with van der Waals surface area (Å²) in [4.78, 5) is 14.1. The number of ether oxygens (including phenoxy) is 1. The van der Waals surface area contributed by atoms with E-state index in [4.69, 9.17) is 4.74 Å². The van der Waals surface area contributed by atoms with Crippen molar-refractivity contribution in [3.05, 3.63) is 29.6 Å². The summed E-state index contributed by atoms with van der Waals surface area (Å²) in [5, 5.41) is 0. The Labute approximate surface area is 99.3 Å². The Morgan fingerprint density at radius 1 is 1.47 bits per heavy atom. The van der Waals surface area contributed by atoms with Gasteiger partial charge in [0.25, 0.3) is 0 Å². The molecule has 0 amide bonds. The smallest absolute Gasteiger partial charge is 0.235 e. The highest BCUT2D eigenvalue weighted by atomic mass is 19.1. The van der Waals surface area contributed by atoms with E-state index in [9.17, 15) is 9.18 Å². The lowest BCUT2D eigenvalue weighted by atomic mass is 10.1. The predicted molar refractivity (Wildman–Crippen MR) is 61.2 cm³/mol. The molecule has 0 bridgehead atoms. The van der Waals surface area contributed by atoms with Gasteiger partial charge in [0.05, 0.1) is 11.6 Å². The van der Waals surface area contributed by atoms with Crippen LogP contribution in [0.2, 0.25) is 0 Å². The third-order valence-electron chi connectivity index (χ3n) is 2.82. The molecule has 1 aromatic carbocycles. The molecule has 1 aliphatic carbocycles. The number of halogens is 1. The topological polar surface area (TPSA) is 38.7 Å². The first kappa shape index (κ1) is 11.8. The molecule has 1 aromatic rings. The molecule has 3 nitrogen and oxygen atoms in total. The lowest BCUT2D eigenvalue weighted by Crippen LogP contribution is -2.08. The second kappa shape index (κ2) is 4.30. The summed E-state index contributed by atoms with van der Waals surface area (Å²) in [6, 6.07) is 4.74. The molecule has 1 fully saturated rings. The number of aliphatic imine (C=N–C) groups is 1. The van der Waals surface area contributed by atoms with Crippen LogP contribution < -0.4 is 4.74 Å². The first-order valence-electron chi connectivity index (χ1n) is 5.63. The quantitative estimate of drug-likeness (QED) is 0.594. The van der Waals surface area contributed by atoms with Gasteiger partial charge >= 0.3 is 0 Å². The molecule has 0 N–H and O–H groups in total. The van der Waals surface area contributed by atoms with Crippen LogP contribution in [-0.2, 0) is 10.3 Å². The van der Waals surface area contributed by atoms with Crippen LogP contribution in [0.4, 0.5) is 4.39 Å². The van der Waals surface area contributed by atoms with Gasteiger partial charge in [-0.2, -0.15) is 4.99 Å². The molecule has 1 aliphatic rings. The average molecular weight is 235 g/mol. The Bertz CT molecular complexity index is 474. The third-order valence-corrected chi connectivity index (χ3v) is 2.82. The molecule has 4 heteroatoms. The highest BCUT2D eigenvalue weighted by Crippen LogP contribution is 2.49. The summed E-state index contributed by atoms with van der Waals surface area (Å²) in [6.45, 7) is 3.68. The van der Waals surface area contributed by atoms with E-state index >= 15 is 0 Å². The summed E-state index contributed by atoms with van der Waals surface area (Å²) >= 11 is 0. The molecule has 0 saturated heterocycles. The average Bonchev–Trinajstić information content (AvgIpc) is 3.02. The van der Waals surface area contributed by atoms with Gasteiger partial charge in [-0.15, -0.1) is 0 Å². The first-order chi connectivity index (χ1) is 8.07. The summed E-state index contributed by atoms with van der Waals surface area (Å²) in [5.74, 6) is -0.182. The molecule has 17 heavy (non-hydrogen) atoms. The maximum absolute atomic E-state index is 13.7. The zero-order valence-corrected chi connectivity index (χ0v) is 9.87. The number of isocyanates is 1. The van der Waals surface area contributed by atoms with Gasteiger partial charge < -0.3 is 4.74 Å². The molecule has 0 spiro atoms. The molecule has 2 rings (SSSR count). The van der Waals surface area contributed by atoms with Crippen LogP contribution in [0, 0.1) is 5.82 Å². The van der Waals surface area contributed by atoms with E-state index in [2.05, 4.69) is 4.99 Å². The van der Waals surface area contributed by atoms with Gasteiger partial charge in [0, 0.05) is 0 Å². The maximum Gasteiger partial charge on any atom is 0.235 e. The molecule has 0 radical (unpaired) electrons. The lowest BCUT2D eigenvalue weighted by molar-refractivity contribution is 0.231. The Kier molecular flexibility index (Phi) is 2.99. The molecule has 0 unspecified atom stereocenters. The van der Waals surface area contributed by atoms with Gasteiger partial charge in [-0.25, -0.2) is 9.18 Å². The zero-order chi connectivity index (χ0) is 12.5. The fourth-order valence-corrected chi connectivity index (χ4v) is 1.81. The van der Waals surface area contributed by atoms with E-state index in [1.54, 1.807) is 18.2 Å². The van der Waals surface area contributed by atoms with Gasteiger partial charge in [0.2, 0.25) is 6.08 Å². The van der Waals surface area contributed by atoms with Crippen LogP contribution in [0.1, 0.15) is 32.3 Å². The number of carbonyl (C=O) groups excluding carboxylic acids is 1. The standard InChI is InChI=1S/C13H14FNO2/c1-9(2)17-12-4-3-10(7-11(12)14)13(5-6-13)15-8-16/h3-4,7,9H,5-6H2,1-2H3. The Morgan fingerprint density at radius 3 is 2.65 bits per heavy atom. The van der Waals surface area contributed by atoms with Crippen molar-refractivity contribution in [1.82, 2.24) is 0 Å². The summed E-state index contributed by atoms with van der Waals surface area (Å²) in [6.07, 6.45) is 3.03. The Morgan fingerprint density at radius 2 is 2.18 bits per heavy atom. The second-order valence-electron chi connectivity index (χ2n) is 4.55. The predicted octanol–water partition coefficient (Wildman–Crippen LogP) is 2.94. The molecule has 0 heterocycles. The van der Waals surface area contributed by atoms with E-state index in [-0.39, 0.29) is 11.9 Å². The molecular weight excluding hydrogens is 221 g/mol. The third kappa shape index (κ3) is 2.37. The number of nitrogens with zero attached hydrogens (tertiary/aromatic N) is 1. The molecule has 90 valence electrons. The summed E-state index contributed by atoms with van der Waals surface area (Å²) in [7, 11) is 0. The SMILES string of the molecule is CC(C)Oc1ccc(C2(N=C=O)CC2)cc1F. The Hall–Kier alpha value is -1.67. The molecule has 0 atom stereocenters. The molecule has 0 aliphatic heterocycles. The van der Waals surface area contributed by atoms with Crippen molar-refractivity contribution in [1.29, 1.82) is 0 Å². The van der Waals surface area contributed by atoms with Crippen molar-refractivity contribution in [2.75, 3.05) is 0 Å². The van der Waals surface area contributed by atoms with Crippen LogP contribution in [0.3, 0.4) is 0 Å². The summed E-state index contributed by atoms with van der Waals surface area (Å²) in [5.41, 5.74) is 0.188. The van der Waals surface area contributed by atoms with Crippen molar-refractivity contribution in [2.45, 2.75) is 38.3 Å². The van der Waals surface area contributed by atoms with Crippen LogP contribution in [0.15, 0.2) is 23.2 Å². The van der Waals surface area contributed by atoms with E-state index in [0.717, 1.165) is 18.4 Å². The molecule has 1 saturated carbocycles. The van der Waals surface area contributed by atoms with Gasteiger partial charge in [-0.05, 0) is 44.4 Å². The number of hydrogen-bond acceptors (Lipinski definition) is 3. The molecule has 0 aromatic heterocycles. The number of rotatable bonds is 4. The first-order valence-corrected chi connectivity index (χ1v) is 5.63. The van der Waals surface area contributed by atoms with Gasteiger partial charge in [-0.1, -0.05) is 6.07 Å². The number of hydrogen-bond donors (Lipinski definition) is 0. The van der Waals surface area contributed by atoms with Gasteiger partial charge in [-0.3, -0.25) is 0 Å². The van der Waals surface area contributed by atoms with Crippen molar-refractivity contribution >= 4 is 6.08 Å². The van der Waals surface area contributed by atoms with Gasteiger partial charge in [0.15, 0.2) is 11.6 Å². The van der Waals surface area contributed by atoms with Crippen molar-refractivity contribution in [2.24, 2.45) is 4.99 Å². The fourth-order valence-electron chi connectivity index (χ4n) is 1.81. The minimum atomic E-state index is -0.529. The van der Waals surface area contributed by atoms with E-state index in [1.165, 1.54) is 6.07 Å². The van der Waals surface area contributed by atoms with Gasteiger partial charge in [0.1, 0.15) is 0 Å². The van der Waals surface area contributed by atoms with E-state index < -0.39 is 11.4 Å². The normalized spacial score (nSPS) is 16.5. The van der Waals surface area contributed by atoms with E-state index in [1.807, 2.05) is 13.8 Å². The fraction of sp³-hybridized carbons (Fsp3) is 0.462. The van der Waals surface area contributed by atoms with Crippen molar-refractivity contribution < 1.29 is 13.9 Å². The minimum absolute atomic E-state index is 0.0711. The second-order valence-corrected chi connectivity index (χ2v) is 4.55. The Balaban J connectivity index is 2.28. The summed E-state index contributed by atoms with van der Waals surface area (Å²) < 4.78 is 19.1. The van der Waals surface area contributed by atoms with Crippen LogP contribution in [-0.4, -0.2) is 12.2 Å².